The van der Waals surface area contributed by atoms with Crippen molar-refractivity contribution in [3.8, 4) is 5.75 Å². The van der Waals surface area contributed by atoms with Gasteiger partial charge in [0.15, 0.2) is 0 Å². The highest BCUT2D eigenvalue weighted by molar-refractivity contribution is 5.79. The highest BCUT2D eigenvalue weighted by Gasteiger charge is 2.31. The van der Waals surface area contributed by atoms with Gasteiger partial charge >= 0.3 is 0 Å². The Bertz CT molecular complexity index is 1080. The molecule has 1 atom stereocenters. The van der Waals surface area contributed by atoms with E-state index in [0.717, 1.165) is 62.3 Å². The number of hydrogen-bond acceptors (Lipinski definition) is 6. The molecule has 1 fully saturated rings. The van der Waals surface area contributed by atoms with E-state index in [-0.39, 0.29) is 11.8 Å². The maximum absolute atomic E-state index is 12.9. The van der Waals surface area contributed by atoms with E-state index >= 15 is 0 Å². The van der Waals surface area contributed by atoms with Crippen molar-refractivity contribution >= 4 is 17.5 Å². The number of ether oxygens (including phenoxy) is 1. The normalized spacial score (nSPS) is 18.2. The molecule has 0 radical (unpaired) electrons. The van der Waals surface area contributed by atoms with Crippen molar-refractivity contribution in [2.45, 2.75) is 38.5 Å². The summed E-state index contributed by atoms with van der Waals surface area (Å²) in [5.74, 6) is 2.71. The second-order valence-corrected chi connectivity index (χ2v) is 8.36. The predicted octanol–water partition coefficient (Wildman–Crippen LogP) is 2.20. The summed E-state index contributed by atoms with van der Waals surface area (Å²) in [4.78, 5) is 24.2. The number of fused-ring (bicyclic) bond motifs is 2. The van der Waals surface area contributed by atoms with Gasteiger partial charge in [-0.15, -0.1) is 0 Å². The third kappa shape index (κ3) is 3.94. The molecule has 5 rings (SSSR count). The Morgan fingerprint density at radius 1 is 1.23 bits per heavy atom. The summed E-state index contributed by atoms with van der Waals surface area (Å²) in [5, 5.41) is 7.57. The quantitative estimate of drug-likeness (QED) is 0.658. The van der Waals surface area contributed by atoms with E-state index in [9.17, 15) is 4.79 Å². The number of nitrogens with one attached hydrogen (secondary N) is 1. The van der Waals surface area contributed by atoms with Crippen molar-refractivity contribution in [3.05, 3.63) is 47.4 Å². The molecule has 31 heavy (non-hydrogen) atoms. The van der Waals surface area contributed by atoms with Crippen molar-refractivity contribution in [1.29, 1.82) is 0 Å². The maximum Gasteiger partial charge on any atom is 0.254 e. The predicted molar refractivity (Wildman–Crippen MR) is 117 cm³/mol. The number of anilines is 1. The van der Waals surface area contributed by atoms with Gasteiger partial charge in [-0.1, -0.05) is 12.1 Å². The Labute approximate surface area is 181 Å². The first-order valence-corrected chi connectivity index (χ1v) is 11.1. The zero-order valence-electron chi connectivity index (χ0n) is 17.9. The van der Waals surface area contributed by atoms with Crippen LogP contribution in [0, 0.1) is 5.92 Å². The number of hydrogen-bond donors (Lipinski definition) is 1. The number of rotatable bonds is 6. The van der Waals surface area contributed by atoms with Crippen LogP contribution in [0.5, 0.6) is 5.75 Å². The van der Waals surface area contributed by atoms with Crippen LogP contribution in [0.25, 0.3) is 5.78 Å². The number of carbonyl (C=O) groups is 1. The van der Waals surface area contributed by atoms with Crippen molar-refractivity contribution in [2.75, 3.05) is 31.6 Å². The summed E-state index contributed by atoms with van der Waals surface area (Å²) in [6.07, 6.45) is 7.41. The molecular formula is C23H28N6O2. The largest absolute Gasteiger partial charge is 0.497 e. The van der Waals surface area contributed by atoms with Crippen LogP contribution in [0.4, 0.5) is 5.82 Å². The Morgan fingerprint density at radius 2 is 2.10 bits per heavy atom. The number of amides is 1. The average Bonchev–Trinajstić information content (AvgIpc) is 3.47. The highest BCUT2D eigenvalue weighted by atomic mass is 16.5. The molecule has 8 heteroatoms. The lowest BCUT2D eigenvalue weighted by Crippen LogP contribution is -2.44. The summed E-state index contributed by atoms with van der Waals surface area (Å²) >= 11 is 0. The highest BCUT2D eigenvalue weighted by Crippen LogP contribution is 2.33. The molecule has 0 bridgehead atoms. The fourth-order valence-electron chi connectivity index (χ4n) is 4.78. The number of nitrogens with zero attached hydrogens (tertiary/aromatic N) is 5. The van der Waals surface area contributed by atoms with E-state index in [2.05, 4.69) is 25.3 Å². The summed E-state index contributed by atoms with van der Waals surface area (Å²) in [7, 11) is 1.66. The molecule has 0 saturated carbocycles. The number of piperidine rings is 1. The molecule has 0 spiro atoms. The van der Waals surface area contributed by atoms with Crippen molar-refractivity contribution in [1.82, 2.24) is 24.9 Å². The van der Waals surface area contributed by atoms with Crippen LogP contribution < -0.4 is 15.0 Å². The molecule has 8 nitrogen and oxygen atoms in total. The Hall–Kier alpha value is -3.16. The fourth-order valence-corrected chi connectivity index (χ4v) is 4.78. The molecule has 1 aliphatic carbocycles. The molecule has 3 heterocycles. The Kier molecular flexibility index (Phi) is 5.44. The zero-order valence-corrected chi connectivity index (χ0v) is 17.9. The van der Waals surface area contributed by atoms with E-state index in [1.807, 2.05) is 28.8 Å². The molecule has 1 aromatic carbocycles. The van der Waals surface area contributed by atoms with Crippen LogP contribution in [0.2, 0.25) is 0 Å². The Morgan fingerprint density at radius 3 is 2.94 bits per heavy atom. The molecule has 2 aromatic heterocycles. The average molecular weight is 421 g/mol. The van der Waals surface area contributed by atoms with Crippen LogP contribution in [-0.2, 0) is 24.1 Å². The molecule has 1 saturated heterocycles. The first-order chi connectivity index (χ1) is 15.2. The van der Waals surface area contributed by atoms with Gasteiger partial charge in [-0.2, -0.15) is 14.6 Å². The van der Waals surface area contributed by atoms with Gasteiger partial charge in [-0.3, -0.25) is 4.79 Å². The van der Waals surface area contributed by atoms with Crippen molar-refractivity contribution in [3.63, 3.8) is 0 Å². The second kappa shape index (κ2) is 8.53. The lowest BCUT2D eigenvalue weighted by Gasteiger charge is -2.34. The summed E-state index contributed by atoms with van der Waals surface area (Å²) in [6, 6.07) is 7.99. The zero-order chi connectivity index (χ0) is 21.2. The van der Waals surface area contributed by atoms with Gasteiger partial charge in [0, 0.05) is 25.2 Å². The molecular weight excluding hydrogens is 392 g/mol. The minimum atomic E-state index is -0.0200. The minimum absolute atomic E-state index is 0.0200. The summed E-state index contributed by atoms with van der Waals surface area (Å²) < 4.78 is 7.05. The van der Waals surface area contributed by atoms with Gasteiger partial charge in [-0.05, 0) is 56.2 Å². The van der Waals surface area contributed by atoms with Crippen LogP contribution in [0.3, 0.4) is 0 Å². The lowest BCUT2D eigenvalue weighted by atomic mass is 9.96. The number of carbonyl (C=O) groups excluding carboxylic acids is 1. The molecule has 1 amide bonds. The first-order valence-electron chi connectivity index (χ1n) is 11.1. The monoisotopic (exact) mass is 420 g/mol. The molecule has 0 unspecified atom stereocenters. The van der Waals surface area contributed by atoms with E-state index in [1.165, 1.54) is 11.1 Å². The van der Waals surface area contributed by atoms with Crippen LogP contribution >= 0.6 is 0 Å². The molecule has 3 aromatic rings. The Balaban J connectivity index is 1.25. The van der Waals surface area contributed by atoms with Gasteiger partial charge in [0.2, 0.25) is 5.91 Å². The molecule has 162 valence electrons. The number of aryl methyl sites for hydroxylation is 1. The molecule has 2 aliphatic rings. The van der Waals surface area contributed by atoms with Crippen molar-refractivity contribution in [2.24, 2.45) is 5.92 Å². The maximum atomic E-state index is 12.9. The summed E-state index contributed by atoms with van der Waals surface area (Å²) in [6.45, 7) is 2.28. The van der Waals surface area contributed by atoms with Gasteiger partial charge in [0.1, 0.15) is 17.9 Å². The van der Waals surface area contributed by atoms with Crippen molar-refractivity contribution < 1.29 is 9.53 Å². The number of benzene rings is 1. The van der Waals surface area contributed by atoms with E-state index in [1.54, 1.807) is 13.4 Å². The molecule has 1 aliphatic heterocycles. The number of methoxy groups -OCH3 is 1. The third-order valence-corrected chi connectivity index (χ3v) is 6.39. The van der Waals surface area contributed by atoms with Crippen LogP contribution in [-0.4, -0.2) is 52.2 Å². The van der Waals surface area contributed by atoms with Crippen LogP contribution in [0.1, 0.15) is 36.1 Å². The van der Waals surface area contributed by atoms with Gasteiger partial charge in [-0.25, -0.2) is 4.98 Å². The topological polar surface area (TPSA) is 84.6 Å². The minimum Gasteiger partial charge on any atom is -0.497 e. The number of aromatic nitrogens is 4. The third-order valence-electron chi connectivity index (χ3n) is 6.39. The van der Waals surface area contributed by atoms with E-state index in [0.29, 0.717) is 18.9 Å². The smallest absolute Gasteiger partial charge is 0.254 e. The van der Waals surface area contributed by atoms with Gasteiger partial charge in [0.25, 0.3) is 5.78 Å². The van der Waals surface area contributed by atoms with Gasteiger partial charge in [0.05, 0.1) is 18.7 Å². The van der Waals surface area contributed by atoms with Gasteiger partial charge < -0.3 is 15.0 Å². The second-order valence-electron chi connectivity index (χ2n) is 8.36. The van der Waals surface area contributed by atoms with Crippen LogP contribution in [0.15, 0.2) is 30.6 Å². The van der Waals surface area contributed by atoms with E-state index in [4.69, 9.17) is 4.74 Å². The SMILES string of the molecule is COc1ccc(CCNC(=O)[C@@H]2CCCN(c3c4c(nc5ncnn35)CCC4)C2)cc1. The fraction of sp³-hybridized carbons (Fsp3) is 0.478. The summed E-state index contributed by atoms with van der Waals surface area (Å²) in [5.41, 5.74) is 3.60. The lowest BCUT2D eigenvalue weighted by molar-refractivity contribution is -0.125. The van der Waals surface area contributed by atoms with E-state index < -0.39 is 0 Å². The molecule has 1 N–H and O–H groups in total. The standard InChI is InChI=1S/C23H28N6O2/c1-31-18-9-7-16(8-10-18)11-12-24-21(30)17-4-3-13-28(14-17)22-19-5-2-6-20(19)27-23-25-15-26-29(22)23/h7-10,15,17H,2-6,11-14H2,1H3,(H,24,30)/t17-/m1/s1. The first kappa shape index (κ1) is 19.8.